The molecule has 178 valence electrons. The first-order valence-electron chi connectivity index (χ1n) is 11.5. The quantitative estimate of drug-likeness (QED) is 0.362. The van der Waals surface area contributed by atoms with E-state index in [1.54, 1.807) is 7.11 Å². The zero-order chi connectivity index (χ0) is 24.4. The SMILES string of the molecule is COc1ccc2c(c1)CC(C(=O)c1cn(CCN(C)C)c3cc(/C(=C/N)C(=N)Cl)ccc13)CC2. The molecule has 1 atom stereocenters. The summed E-state index contributed by atoms with van der Waals surface area (Å²) in [5.74, 6) is 0.936. The molecule has 1 aliphatic carbocycles. The molecule has 0 fully saturated rings. The van der Waals surface area contributed by atoms with Gasteiger partial charge in [0.1, 0.15) is 10.9 Å². The van der Waals surface area contributed by atoms with Crippen molar-refractivity contribution in [3.63, 3.8) is 0 Å². The van der Waals surface area contributed by atoms with Gasteiger partial charge in [0.2, 0.25) is 0 Å². The Morgan fingerprint density at radius 1 is 1.26 bits per heavy atom. The maximum atomic E-state index is 13.8. The molecular weight excluding hydrogens is 448 g/mol. The number of aryl methyl sites for hydroxylation is 1. The number of allylic oxidation sites excluding steroid dienone is 1. The highest BCUT2D eigenvalue weighted by atomic mass is 35.5. The number of methoxy groups -OCH3 is 1. The van der Waals surface area contributed by atoms with Crippen molar-refractivity contribution in [3.05, 3.63) is 71.0 Å². The van der Waals surface area contributed by atoms with E-state index in [2.05, 4.69) is 21.6 Å². The molecule has 0 radical (unpaired) electrons. The van der Waals surface area contributed by atoms with Crippen molar-refractivity contribution in [3.8, 4) is 5.75 Å². The van der Waals surface area contributed by atoms with Gasteiger partial charge >= 0.3 is 0 Å². The highest BCUT2D eigenvalue weighted by Crippen LogP contribution is 2.33. The fourth-order valence-electron chi connectivity index (χ4n) is 4.75. The van der Waals surface area contributed by atoms with E-state index in [4.69, 9.17) is 27.5 Å². The zero-order valence-electron chi connectivity index (χ0n) is 19.9. The van der Waals surface area contributed by atoms with Crippen molar-refractivity contribution in [2.45, 2.75) is 25.8 Å². The molecule has 7 heteroatoms. The number of nitrogens with one attached hydrogen (secondary N) is 1. The van der Waals surface area contributed by atoms with E-state index in [1.807, 2.05) is 44.6 Å². The predicted octanol–water partition coefficient (Wildman–Crippen LogP) is 4.71. The van der Waals surface area contributed by atoms with Gasteiger partial charge in [0.05, 0.1) is 7.11 Å². The lowest BCUT2D eigenvalue weighted by Gasteiger charge is -2.24. The van der Waals surface area contributed by atoms with Crippen LogP contribution in [0.3, 0.4) is 0 Å². The number of nitrogens with zero attached hydrogens (tertiary/aromatic N) is 2. The van der Waals surface area contributed by atoms with E-state index < -0.39 is 0 Å². The predicted molar refractivity (Wildman–Crippen MR) is 139 cm³/mol. The van der Waals surface area contributed by atoms with Crippen LogP contribution < -0.4 is 10.5 Å². The number of hydrogen-bond donors (Lipinski definition) is 2. The second kappa shape index (κ2) is 10.0. The highest BCUT2D eigenvalue weighted by molar-refractivity contribution is 6.75. The summed E-state index contributed by atoms with van der Waals surface area (Å²) in [5.41, 5.74) is 11.1. The number of nitrogens with two attached hydrogens (primary N) is 1. The summed E-state index contributed by atoms with van der Waals surface area (Å²) in [7, 11) is 5.73. The molecule has 1 aliphatic rings. The molecule has 0 spiro atoms. The van der Waals surface area contributed by atoms with Crippen molar-refractivity contribution in [2.24, 2.45) is 11.7 Å². The third kappa shape index (κ3) is 4.74. The summed E-state index contributed by atoms with van der Waals surface area (Å²) in [6, 6.07) is 12.0. The van der Waals surface area contributed by atoms with Gasteiger partial charge < -0.3 is 19.9 Å². The van der Waals surface area contributed by atoms with E-state index in [9.17, 15) is 4.79 Å². The Labute approximate surface area is 205 Å². The minimum absolute atomic E-state index is 0.0669. The fraction of sp³-hybridized carbons (Fsp3) is 0.333. The van der Waals surface area contributed by atoms with Crippen molar-refractivity contribution in [1.82, 2.24) is 9.47 Å². The molecule has 0 bridgehead atoms. The topological polar surface area (TPSA) is 84.3 Å². The second-order valence-corrected chi connectivity index (χ2v) is 9.48. The van der Waals surface area contributed by atoms with Crippen molar-refractivity contribution >= 4 is 39.0 Å². The Bertz CT molecular complexity index is 1280. The van der Waals surface area contributed by atoms with Crippen LogP contribution in [0.25, 0.3) is 16.5 Å². The number of ketones is 1. The number of carbonyl (C=O) groups is 1. The number of fused-ring (bicyclic) bond motifs is 2. The molecule has 1 heterocycles. The fourth-order valence-corrected chi connectivity index (χ4v) is 4.92. The lowest BCUT2D eigenvalue weighted by atomic mass is 9.80. The Kier molecular flexibility index (Phi) is 7.10. The Morgan fingerprint density at radius 2 is 2.06 bits per heavy atom. The van der Waals surface area contributed by atoms with E-state index in [-0.39, 0.29) is 16.9 Å². The van der Waals surface area contributed by atoms with Crippen molar-refractivity contribution < 1.29 is 9.53 Å². The molecule has 0 aliphatic heterocycles. The number of aromatic nitrogens is 1. The molecule has 1 unspecified atom stereocenters. The Balaban J connectivity index is 1.72. The van der Waals surface area contributed by atoms with E-state index >= 15 is 0 Å². The van der Waals surface area contributed by atoms with Crippen LogP contribution in [0, 0.1) is 11.3 Å². The van der Waals surface area contributed by atoms with Gasteiger partial charge in [0.25, 0.3) is 0 Å². The molecule has 1 aromatic heterocycles. The highest BCUT2D eigenvalue weighted by Gasteiger charge is 2.28. The monoisotopic (exact) mass is 478 g/mol. The summed E-state index contributed by atoms with van der Waals surface area (Å²) in [5, 5.41) is 8.63. The number of hydrogen-bond acceptors (Lipinski definition) is 5. The second-order valence-electron chi connectivity index (χ2n) is 9.10. The van der Waals surface area contributed by atoms with E-state index in [0.717, 1.165) is 60.1 Å². The number of benzene rings is 2. The average molecular weight is 479 g/mol. The average Bonchev–Trinajstić information content (AvgIpc) is 3.19. The third-order valence-corrected chi connectivity index (χ3v) is 6.87. The number of carbonyl (C=O) groups excluding carboxylic acids is 1. The van der Waals surface area contributed by atoms with Gasteiger partial charge in [-0.1, -0.05) is 29.8 Å². The van der Waals surface area contributed by atoms with Crippen LogP contribution in [0.4, 0.5) is 0 Å². The maximum Gasteiger partial charge on any atom is 0.168 e. The summed E-state index contributed by atoms with van der Waals surface area (Å²) < 4.78 is 7.52. The summed E-state index contributed by atoms with van der Waals surface area (Å²) >= 11 is 5.95. The minimum atomic E-state index is -0.110. The van der Waals surface area contributed by atoms with Crippen LogP contribution in [-0.2, 0) is 19.4 Å². The van der Waals surface area contributed by atoms with Gasteiger partial charge in [-0.3, -0.25) is 10.2 Å². The zero-order valence-corrected chi connectivity index (χ0v) is 20.7. The first-order chi connectivity index (χ1) is 16.3. The molecule has 0 amide bonds. The maximum absolute atomic E-state index is 13.8. The number of rotatable bonds is 8. The van der Waals surface area contributed by atoms with E-state index in [0.29, 0.717) is 5.57 Å². The van der Waals surface area contributed by atoms with Gasteiger partial charge in [-0.05, 0) is 68.2 Å². The normalized spacial score (nSPS) is 16.0. The molecule has 2 aromatic carbocycles. The first kappa shape index (κ1) is 24.0. The smallest absolute Gasteiger partial charge is 0.168 e. The molecular formula is C27H31ClN4O2. The van der Waals surface area contributed by atoms with Crippen LogP contribution in [-0.4, -0.2) is 48.2 Å². The van der Waals surface area contributed by atoms with Crippen molar-refractivity contribution in [2.75, 3.05) is 27.7 Å². The number of Topliss-reactive ketones (excluding diaryl/α,β-unsaturated/α-hetero) is 1. The van der Waals surface area contributed by atoms with Gasteiger partial charge in [0.15, 0.2) is 5.78 Å². The Hall–Kier alpha value is -3.09. The van der Waals surface area contributed by atoms with Crippen LogP contribution in [0.5, 0.6) is 5.75 Å². The first-order valence-corrected chi connectivity index (χ1v) is 11.8. The lowest BCUT2D eigenvalue weighted by molar-refractivity contribution is 0.0910. The lowest BCUT2D eigenvalue weighted by Crippen LogP contribution is -2.23. The standard InChI is InChI=1S/C27H31ClN4O2/c1-31(2)10-11-32-16-24(22-9-7-18(14-25(22)32)23(15-29)27(28)30)26(33)19-5-4-17-6-8-21(34-3)13-20(17)12-19/h6-9,13-16,19,30H,4-5,10-12,29H2,1-3H3/b23-15-,30-27?. The summed E-state index contributed by atoms with van der Waals surface area (Å²) in [6.45, 7) is 1.58. The molecule has 0 saturated carbocycles. The van der Waals surface area contributed by atoms with Gasteiger partial charge in [-0.25, -0.2) is 0 Å². The molecule has 3 N–H and O–H groups in total. The van der Waals surface area contributed by atoms with E-state index in [1.165, 1.54) is 17.3 Å². The third-order valence-electron chi connectivity index (χ3n) is 6.66. The molecule has 4 rings (SSSR count). The number of likely N-dealkylation sites (N-methyl/N-ethyl adjacent to an activating group) is 1. The van der Waals surface area contributed by atoms with Gasteiger partial charge in [-0.15, -0.1) is 0 Å². The molecule has 34 heavy (non-hydrogen) atoms. The summed E-state index contributed by atoms with van der Waals surface area (Å²) in [4.78, 5) is 15.9. The van der Waals surface area contributed by atoms with Crippen molar-refractivity contribution in [1.29, 1.82) is 5.41 Å². The molecule has 6 nitrogen and oxygen atoms in total. The van der Waals surface area contributed by atoms with Crippen LogP contribution in [0.2, 0.25) is 0 Å². The molecule has 0 saturated heterocycles. The summed E-state index contributed by atoms with van der Waals surface area (Å²) in [6.07, 6.45) is 5.78. The Morgan fingerprint density at radius 3 is 2.74 bits per heavy atom. The van der Waals surface area contributed by atoms with Gasteiger partial charge in [-0.2, -0.15) is 0 Å². The number of ether oxygens (including phenoxy) is 1. The van der Waals surface area contributed by atoms with Crippen LogP contribution in [0.1, 0.15) is 33.5 Å². The molecule has 3 aromatic rings. The number of halogens is 1. The van der Waals surface area contributed by atoms with Gasteiger partial charge in [0, 0.05) is 53.4 Å². The largest absolute Gasteiger partial charge is 0.497 e. The van der Waals surface area contributed by atoms with Crippen LogP contribution >= 0.6 is 11.6 Å². The van der Waals surface area contributed by atoms with Crippen LogP contribution in [0.15, 0.2) is 48.8 Å². The minimum Gasteiger partial charge on any atom is -0.497 e.